The molecular weight excluding hydrogens is 695 g/mol. The van der Waals surface area contributed by atoms with E-state index in [9.17, 15) is 35.6 Å². The number of carbonyl (C=O) groups excluding carboxylic acids is 1. The lowest BCUT2D eigenvalue weighted by molar-refractivity contribution is -0.605. The lowest BCUT2D eigenvalue weighted by atomic mass is 10.0. The molecule has 250 valence electrons. The Kier molecular flexibility index (Phi) is 11.7. The lowest BCUT2D eigenvalue weighted by Gasteiger charge is -2.22. The van der Waals surface area contributed by atoms with Gasteiger partial charge in [-0.05, 0) is 54.2 Å². The fourth-order valence-corrected chi connectivity index (χ4v) is 6.75. The fraction of sp³-hybridized carbons (Fsp3) is 0.357. The summed E-state index contributed by atoms with van der Waals surface area (Å²) in [5, 5.41) is 14.3. The van der Waals surface area contributed by atoms with Crippen molar-refractivity contribution in [3.8, 4) is 11.5 Å². The van der Waals surface area contributed by atoms with Crippen molar-refractivity contribution in [3.05, 3.63) is 86.8 Å². The van der Waals surface area contributed by atoms with Gasteiger partial charge in [-0.2, -0.15) is 13.5 Å². The Morgan fingerprint density at radius 2 is 1.76 bits per heavy atom. The van der Waals surface area contributed by atoms with Crippen LogP contribution < -0.4 is 23.8 Å². The Hall–Kier alpha value is -3.60. The summed E-state index contributed by atoms with van der Waals surface area (Å²) in [5.41, 5.74) is 1.25. The van der Waals surface area contributed by atoms with Crippen molar-refractivity contribution in [2.75, 3.05) is 23.0 Å². The number of aromatic nitrogens is 1. The highest BCUT2D eigenvalue weighted by Gasteiger charge is 2.26. The number of hydrogen-bond donors (Lipinski definition) is 2. The Bertz CT molecular complexity index is 1710. The quantitative estimate of drug-likeness (QED) is 0.130. The summed E-state index contributed by atoms with van der Waals surface area (Å²) in [7, 11) is -6.87. The van der Waals surface area contributed by atoms with Crippen molar-refractivity contribution in [2.24, 2.45) is 5.92 Å². The number of thiol groups is 1. The number of alkyl halides is 2. The summed E-state index contributed by atoms with van der Waals surface area (Å²) in [6.45, 7) is -2.89. The molecule has 1 atom stereocenters. The van der Waals surface area contributed by atoms with Crippen LogP contribution in [0.3, 0.4) is 0 Å². The van der Waals surface area contributed by atoms with E-state index < -0.39 is 45.4 Å². The molecule has 0 aliphatic heterocycles. The number of carbonyl (C=O) groups is 1. The van der Waals surface area contributed by atoms with Crippen LogP contribution >= 0.6 is 23.2 Å². The first-order chi connectivity index (χ1) is 21.7. The average molecular weight is 725 g/mol. The topological polar surface area (TPSA) is 155 Å². The second-order valence-electron chi connectivity index (χ2n) is 10.4. The minimum absolute atomic E-state index is 0.00389. The molecule has 0 radical (unpaired) electrons. The molecule has 18 heteroatoms. The van der Waals surface area contributed by atoms with Crippen LogP contribution in [0.25, 0.3) is 0 Å². The molecule has 1 aromatic heterocycles. The van der Waals surface area contributed by atoms with E-state index in [4.69, 9.17) is 32.7 Å². The van der Waals surface area contributed by atoms with Gasteiger partial charge in [0, 0.05) is 24.8 Å². The molecule has 2 aromatic carbocycles. The Labute approximate surface area is 275 Å². The van der Waals surface area contributed by atoms with Crippen molar-refractivity contribution in [3.63, 3.8) is 0 Å². The van der Waals surface area contributed by atoms with Crippen molar-refractivity contribution in [2.45, 2.75) is 38.5 Å². The molecule has 1 fully saturated rings. The van der Waals surface area contributed by atoms with E-state index >= 15 is 0 Å². The standard InChI is InChI=1S/C28H29Cl2F2N3O9S2/c1-46(40,41)16-35(45(38)39)20-7-4-17(5-8-20)12-33-28(36)44-25(11-21-22(29)13-34(37)14-23(21)30)19-6-9-24(43-27(31)32)26(10-19)42-15-18-2-3-18/h4-10,13-14,18,25,27,45H,2-3,11-12,15-16H2,1H3,(H,33,36). The summed E-state index contributed by atoms with van der Waals surface area (Å²) in [6, 6.07) is 9.85. The number of sulfone groups is 1. The van der Waals surface area contributed by atoms with Gasteiger partial charge in [-0.25, -0.2) is 21.6 Å². The van der Waals surface area contributed by atoms with Gasteiger partial charge in [-0.15, -0.1) is 0 Å². The number of nitrogens with one attached hydrogen (secondary N) is 1. The maximum absolute atomic E-state index is 13.1. The molecule has 0 spiro atoms. The van der Waals surface area contributed by atoms with Gasteiger partial charge in [0.05, 0.1) is 12.3 Å². The lowest BCUT2D eigenvalue weighted by Crippen LogP contribution is -2.28. The van der Waals surface area contributed by atoms with Crippen molar-refractivity contribution >= 4 is 55.7 Å². The number of pyridine rings is 1. The normalized spacial score (nSPS) is 13.8. The predicted octanol–water partition coefficient (Wildman–Crippen LogP) is 4.56. The van der Waals surface area contributed by atoms with Gasteiger partial charge >= 0.3 is 12.7 Å². The van der Waals surface area contributed by atoms with E-state index in [1.54, 1.807) is 0 Å². The van der Waals surface area contributed by atoms with Crippen molar-refractivity contribution < 1.29 is 49.4 Å². The van der Waals surface area contributed by atoms with Crippen LogP contribution in [0.4, 0.5) is 19.3 Å². The van der Waals surface area contributed by atoms with Crippen LogP contribution in [0.15, 0.2) is 54.9 Å². The molecule has 3 aromatic rings. The maximum Gasteiger partial charge on any atom is 0.408 e. The number of alkyl carbamates (subject to hydrolysis) is 1. The monoisotopic (exact) mass is 723 g/mol. The summed E-state index contributed by atoms with van der Waals surface area (Å²) in [5.74, 6) is -0.623. The number of ether oxygens (including phenoxy) is 3. The molecule has 4 rings (SSSR count). The highest BCUT2D eigenvalue weighted by atomic mass is 35.5. The second-order valence-corrected chi connectivity index (χ2v) is 14.3. The molecule has 1 amide bonds. The molecule has 12 nitrogen and oxygen atoms in total. The van der Waals surface area contributed by atoms with Gasteiger partial charge in [0.25, 0.3) is 0 Å². The molecule has 46 heavy (non-hydrogen) atoms. The smallest absolute Gasteiger partial charge is 0.408 e. The van der Waals surface area contributed by atoms with E-state index in [0.29, 0.717) is 26.1 Å². The van der Waals surface area contributed by atoms with Gasteiger partial charge in [-0.1, -0.05) is 41.4 Å². The molecule has 1 heterocycles. The third kappa shape index (κ3) is 10.5. The van der Waals surface area contributed by atoms with Gasteiger partial charge in [0.15, 0.2) is 33.7 Å². The van der Waals surface area contributed by atoms with Gasteiger partial charge in [0.2, 0.25) is 10.9 Å². The molecule has 1 saturated carbocycles. The number of benzene rings is 2. The Balaban J connectivity index is 1.54. The van der Waals surface area contributed by atoms with Gasteiger partial charge in [0.1, 0.15) is 22.0 Å². The summed E-state index contributed by atoms with van der Waals surface area (Å²) in [4.78, 5) is 13.0. The first kappa shape index (κ1) is 35.3. The highest BCUT2D eigenvalue weighted by molar-refractivity contribution is 7.91. The number of halogens is 4. The summed E-state index contributed by atoms with van der Waals surface area (Å²) >= 11 is 12.6. The molecule has 0 saturated heterocycles. The largest absolute Gasteiger partial charge is 0.619 e. The van der Waals surface area contributed by atoms with Crippen molar-refractivity contribution in [1.29, 1.82) is 0 Å². The van der Waals surface area contributed by atoms with Crippen LogP contribution in [0.2, 0.25) is 10.0 Å². The number of hydrogen-bond acceptors (Lipinski definition) is 9. The van der Waals surface area contributed by atoms with E-state index in [1.807, 2.05) is 0 Å². The zero-order valence-corrected chi connectivity index (χ0v) is 27.3. The van der Waals surface area contributed by atoms with E-state index in [0.717, 1.165) is 31.5 Å². The molecule has 0 bridgehead atoms. The summed E-state index contributed by atoms with van der Waals surface area (Å²) < 4.78 is 89.8. The summed E-state index contributed by atoms with van der Waals surface area (Å²) in [6.07, 6.45) is 2.85. The van der Waals surface area contributed by atoms with Crippen LogP contribution in [0.5, 0.6) is 11.5 Å². The number of anilines is 1. The first-order valence-corrected chi connectivity index (χ1v) is 17.5. The van der Waals surface area contributed by atoms with Crippen LogP contribution in [-0.4, -0.2) is 48.3 Å². The molecule has 1 aliphatic carbocycles. The number of rotatable bonds is 15. The Morgan fingerprint density at radius 1 is 1.11 bits per heavy atom. The second kappa shape index (κ2) is 15.3. The van der Waals surface area contributed by atoms with E-state index in [2.05, 4.69) is 10.1 Å². The van der Waals surface area contributed by atoms with Crippen LogP contribution in [0.1, 0.15) is 35.6 Å². The first-order valence-electron chi connectivity index (χ1n) is 13.6. The van der Waals surface area contributed by atoms with E-state index in [1.165, 1.54) is 42.5 Å². The third-order valence-electron chi connectivity index (χ3n) is 6.65. The molecule has 1 aliphatic rings. The predicted molar refractivity (Wildman–Crippen MR) is 165 cm³/mol. The van der Waals surface area contributed by atoms with E-state index in [-0.39, 0.29) is 52.4 Å². The number of amides is 1. The zero-order chi connectivity index (χ0) is 33.6. The third-order valence-corrected chi connectivity index (χ3v) is 8.99. The van der Waals surface area contributed by atoms with Crippen molar-refractivity contribution in [1.82, 2.24) is 5.32 Å². The molecule has 1 N–H and O–H groups in total. The average Bonchev–Trinajstić information content (AvgIpc) is 3.80. The molecule has 1 unspecified atom stereocenters. The molecular formula is C28H29Cl2F2N3O9S2. The Morgan fingerprint density at radius 3 is 2.33 bits per heavy atom. The highest BCUT2D eigenvalue weighted by Crippen LogP contribution is 2.37. The van der Waals surface area contributed by atoms with Crippen LogP contribution in [-0.2, 0) is 38.4 Å². The fourth-order valence-electron chi connectivity index (χ4n) is 4.23. The minimum Gasteiger partial charge on any atom is -0.619 e. The zero-order valence-electron chi connectivity index (χ0n) is 24.1. The number of nitrogens with zero attached hydrogens (tertiary/aromatic N) is 2. The van der Waals surface area contributed by atoms with Gasteiger partial charge in [-0.3, -0.25) is 4.31 Å². The van der Waals surface area contributed by atoms with Gasteiger partial charge < -0.3 is 24.7 Å². The minimum atomic E-state index is -3.64. The van der Waals surface area contributed by atoms with Crippen LogP contribution in [0, 0.1) is 11.1 Å². The maximum atomic E-state index is 13.1. The SMILES string of the molecule is CS(=O)(=O)CN(c1ccc(CNC(=O)OC(Cc2c(Cl)c[n+]([O-])cc2Cl)c2ccc(OC(F)F)c(OCC3CC3)c2)cc1)[SH](=O)=O.